The Morgan fingerprint density at radius 3 is 2.47 bits per heavy atom. The molecule has 0 unspecified atom stereocenters. The summed E-state index contributed by atoms with van der Waals surface area (Å²) < 4.78 is 38.8. The molecular weight excluding hydrogens is 279 g/mol. The number of alkyl halides is 3. The average molecular weight is 286 g/mol. The molecule has 0 aliphatic heterocycles. The summed E-state index contributed by atoms with van der Waals surface area (Å²) in [4.78, 5) is 14.8. The summed E-state index contributed by atoms with van der Waals surface area (Å²) in [5.74, 6) is 0. The summed E-state index contributed by atoms with van der Waals surface area (Å²) in [5, 5.41) is -0.807. The molecule has 0 radical (unpaired) electrons. The van der Waals surface area contributed by atoms with Crippen molar-refractivity contribution in [1.29, 1.82) is 0 Å². The second-order valence-electron chi connectivity index (χ2n) is 3.77. The van der Waals surface area contributed by atoms with E-state index < -0.39 is 17.0 Å². The Labute approximate surface area is 111 Å². The lowest BCUT2D eigenvalue weighted by atomic mass is 9.98. The summed E-state index contributed by atoms with van der Waals surface area (Å²) in [6.45, 7) is 0. The summed E-state index contributed by atoms with van der Waals surface area (Å²) in [6, 6.07) is 6.02. The highest BCUT2D eigenvalue weighted by Crippen LogP contribution is 2.37. The maximum Gasteiger partial charge on any atom is 0.417 e. The Morgan fingerprint density at radius 2 is 1.95 bits per heavy atom. The van der Waals surface area contributed by atoms with Crippen molar-refractivity contribution >= 4 is 16.8 Å². The van der Waals surface area contributed by atoms with Crippen molar-refractivity contribution in [2.45, 2.75) is 6.18 Å². The van der Waals surface area contributed by atoms with Gasteiger partial charge in [0.1, 0.15) is 0 Å². The van der Waals surface area contributed by atoms with Crippen LogP contribution in [-0.4, -0.2) is 10.2 Å². The molecular formula is C13H7ClF3NO. The normalized spacial score (nSPS) is 11.4. The van der Waals surface area contributed by atoms with Crippen molar-refractivity contribution in [2.75, 3.05) is 0 Å². The molecule has 19 heavy (non-hydrogen) atoms. The van der Waals surface area contributed by atoms with E-state index in [1.165, 1.54) is 24.5 Å². The zero-order chi connectivity index (χ0) is 14.0. The van der Waals surface area contributed by atoms with E-state index in [2.05, 4.69) is 4.98 Å². The van der Waals surface area contributed by atoms with Crippen molar-refractivity contribution in [2.24, 2.45) is 0 Å². The third-order valence-electron chi connectivity index (χ3n) is 2.52. The smallest absolute Gasteiger partial charge is 0.276 e. The maximum absolute atomic E-state index is 12.9. The maximum atomic E-state index is 12.9. The van der Waals surface area contributed by atoms with Gasteiger partial charge in [0.15, 0.2) is 0 Å². The molecule has 0 saturated carbocycles. The second kappa shape index (κ2) is 5.01. The molecule has 0 aliphatic rings. The minimum absolute atomic E-state index is 0.00789. The molecule has 2 rings (SSSR count). The first-order chi connectivity index (χ1) is 8.89. The number of pyridine rings is 1. The van der Waals surface area contributed by atoms with Crippen LogP contribution in [0.5, 0.6) is 0 Å². The van der Waals surface area contributed by atoms with E-state index in [0.717, 1.165) is 18.2 Å². The lowest BCUT2D eigenvalue weighted by Crippen LogP contribution is -2.08. The van der Waals surface area contributed by atoms with Crippen molar-refractivity contribution < 1.29 is 18.0 Å². The van der Waals surface area contributed by atoms with E-state index in [1.807, 2.05) is 0 Å². The molecule has 0 atom stereocenters. The molecule has 0 N–H and O–H groups in total. The molecule has 1 aromatic carbocycles. The van der Waals surface area contributed by atoms with Crippen LogP contribution in [0, 0.1) is 0 Å². The molecule has 1 heterocycles. The van der Waals surface area contributed by atoms with Crippen LogP contribution in [0.4, 0.5) is 13.2 Å². The summed E-state index contributed by atoms with van der Waals surface area (Å²) >= 11 is 5.29. The highest BCUT2D eigenvalue weighted by molar-refractivity contribution is 6.67. The third kappa shape index (κ3) is 2.93. The summed E-state index contributed by atoms with van der Waals surface area (Å²) in [7, 11) is 0. The van der Waals surface area contributed by atoms with E-state index in [9.17, 15) is 18.0 Å². The van der Waals surface area contributed by atoms with Gasteiger partial charge in [-0.2, -0.15) is 13.2 Å². The largest absolute Gasteiger partial charge is 0.417 e. The Bertz CT molecular complexity index is 611. The van der Waals surface area contributed by atoms with Crippen LogP contribution in [0.2, 0.25) is 0 Å². The third-order valence-corrected chi connectivity index (χ3v) is 2.74. The fourth-order valence-corrected chi connectivity index (χ4v) is 1.79. The fourth-order valence-electron chi connectivity index (χ4n) is 1.67. The SMILES string of the molecule is O=C(Cl)c1ccc(C(F)(F)F)c(-c2cccnc2)c1. The number of carbonyl (C=O) groups is 1. The molecule has 98 valence electrons. The van der Waals surface area contributed by atoms with E-state index in [0.29, 0.717) is 0 Å². The first-order valence-corrected chi connectivity index (χ1v) is 5.59. The Kier molecular flexibility index (Phi) is 3.57. The molecule has 0 saturated heterocycles. The van der Waals surface area contributed by atoms with Crippen LogP contribution in [0.3, 0.4) is 0 Å². The van der Waals surface area contributed by atoms with E-state index in [4.69, 9.17) is 11.6 Å². The minimum Gasteiger partial charge on any atom is -0.276 e. The Morgan fingerprint density at radius 1 is 1.21 bits per heavy atom. The van der Waals surface area contributed by atoms with Gasteiger partial charge in [0, 0.05) is 23.5 Å². The highest BCUT2D eigenvalue weighted by Gasteiger charge is 2.34. The molecule has 0 amide bonds. The number of benzene rings is 1. The molecule has 0 bridgehead atoms. The number of nitrogens with zero attached hydrogens (tertiary/aromatic N) is 1. The van der Waals surface area contributed by atoms with E-state index in [1.54, 1.807) is 0 Å². The van der Waals surface area contributed by atoms with Crippen LogP contribution in [-0.2, 0) is 6.18 Å². The van der Waals surface area contributed by atoms with Gasteiger partial charge >= 0.3 is 6.18 Å². The van der Waals surface area contributed by atoms with Crippen LogP contribution in [0.15, 0.2) is 42.7 Å². The molecule has 0 aliphatic carbocycles. The number of carbonyl (C=O) groups excluding carboxylic acids is 1. The number of hydrogen-bond acceptors (Lipinski definition) is 2. The van der Waals surface area contributed by atoms with Gasteiger partial charge < -0.3 is 0 Å². The van der Waals surface area contributed by atoms with Crippen LogP contribution >= 0.6 is 11.6 Å². The van der Waals surface area contributed by atoms with Gasteiger partial charge in [-0.25, -0.2) is 0 Å². The van der Waals surface area contributed by atoms with Crippen LogP contribution in [0.25, 0.3) is 11.1 Å². The van der Waals surface area contributed by atoms with Crippen molar-refractivity contribution in [1.82, 2.24) is 4.98 Å². The zero-order valence-corrected chi connectivity index (χ0v) is 10.2. The molecule has 6 heteroatoms. The molecule has 1 aromatic heterocycles. The van der Waals surface area contributed by atoms with Gasteiger partial charge in [-0.1, -0.05) is 6.07 Å². The standard InChI is InChI=1S/C13H7ClF3NO/c14-12(19)8-3-4-11(13(15,16)17)10(6-8)9-2-1-5-18-7-9/h1-7H. The number of hydrogen-bond donors (Lipinski definition) is 0. The van der Waals surface area contributed by atoms with Gasteiger partial charge in [-0.3, -0.25) is 9.78 Å². The van der Waals surface area contributed by atoms with Gasteiger partial charge in [0.25, 0.3) is 5.24 Å². The predicted molar refractivity (Wildman–Crippen MR) is 64.9 cm³/mol. The lowest BCUT2D eigenvalue weighted by Gasteiger charge is -2.13. The first-order valence-electron chi connectivity index (χ1n) is 5.21. The fraction of sp³-hybridized carbons (Fsp3) is 0.0769. The molecule has 0 fully saturated rings. The lowest BCUT2D eigenvalue weighted by molar-refractivity contribution is -0.137. The van der Waals surface area contributed by atoms with Gasteiger partial charge in [0.05, 0.1) is 5.56 Å². The molecule has 2 aromatic rings. The zero-order valence-electron chi connectivity index (χ0n) is 9.41. The predicted octanol–water partition coefficient (Wildman–Crippen LogP) is 4.15. The first kappa shape index (κ1) is 13.5. The van der Waals surface area contributed by atoms with E-state index in [-0.39, 0.29) is 16.7 Å². The summed E-state index contributed by atoms with van der Waals surface area (Å²) in [6.07, 6.45) is -1.76. The minimum atomic E-state index is -4.51. The quantitative estimate of drug-likeness (QED) is 0.776. The number of halogens is 4. The van der Waals surface area contributed by atoms with Crippen molar-refractivity contribution in [3.8, 4) is 11.1 Å². The van der Waals surface area contributed by atoms with Crippen LogP contribution < -0.4 is 0 Å². The van der Waals surface area contributed by atoms with Crippen molar-refractivity contribution in [3.63, 3.8) is 0 Å². The highest BCUT2D eigenvalue weighted by atomic mass is 35.5. The summed E-state index contributed by atoms with van der Waals surface area (Å²) in [5.41, 5.74) is -0.669. The number of rotatable bonds is 2. The van der Waals surface area contributed by atoms with Gasteiger partial charge in [-0.15, -0.1) is 0 Å². The van der Waals surface area contributed by atoms with Gasteiger partial charge in [0.2, 0.25) is 0 Å². The second-order valence-corrected chi connectivity index (χ2v) is 4.12. The molecule has 0 spiro atoms. The van der Waals surface area contributed by atoms with Crippen molar-refractivity contribution in [3.05, 3.63) is 53.9 Å². The van der Waals surface area contributed by atoms with E-state index >= 15 is 0 Å². The Hall–Kier alpha value is -1.88. The average Bonchev–Trinajstić information content (AvgIpc) is 2.38. The van der Waals surface area contributed by atoms with Crippen LogP contribution in [0.1, 0.15) is 15.9 Å². The monoisotopic (exact) mass is 285 g/mol. The Balaban J connectivity index is 2.67. The topological polar surface area (TPSA) is 30.0 Å². The molecule has 2 nitrogen and oxygen atoms in total. The number of aromatic nitrogens is 1. The van der Waals surface area contributed by atoms with Gasteiger partial charge in [-0.05, 0) is 41.4 Å².